The highest BCUT2D eigenvalue weighted by atomic mass is 15.2. The van der Waals surface area contributed by atoms with Gasteiger partial charge in [-0.25, -0.2) is 4.98 Å². The lowest BCUT2D eigenvalue weighted by Crippen LogP contribution is -2.42. The number of anilines is 2. The first-order chi connectivity index (χ1) is 8.63. The molecule has 0 atom stereocenters. The van der Waals surface area contributed by atoms with Crippen molar-refractivity contribution in [1.82, 2.24) is 9.88 Å². The number of nitrogens with two attached hydrogens (primary N) is 1. The van der Waals surface area contributed by atoms with Crippen molar-refractivity contribution in [2.45, 2.75) is 18.9 Å². The van der Waals surface area contributed by atoms with Gasteiger partial charge in [0.05, 0.1) is 11.3 Å². The van der Waals surface area contributed by atoms with Crippen LogP contribution in [-0.4, -0.2) is 43.1 Å². The number of hydrogen-bond acceptors (Lipinski definition) is 5. The summed E-state index contributed by atoms with van der Waals surface area (Å²) in [6.07, 6.45) is 3.86. The number of pyridine rings is 1. The van der Waals surface area contributed by atoms with E-state index in [0.29, 0.717) is 17.3 Å². The molecule has 2 rings (SSSR count). The van der Waals surface area contributed by atoms with Crippen LogP contribution in [0.15, 0.2) is 12.3 Å². The number of piperidine rings is 1. The van der Waals surface area contributed by atoms with Gasteiger partial charge in [-0.3, -0.25) is 0 Å². The lowest BCUT2D eigenvalue weighted by atomic mass is 10.0. The summed E-state index contributed by atoms with van der Waals surface area (Å²) in [5.41, 5.74) is 6.99. The van der Waals surface area contributed by atoms with Gasteiger partial charge in [0, 0.05) is 25.3 Å². The van der Waals surface area contributed by atoms with Crippen molar-refractivity contribution < 1.29 is 0 Å². The summed E-state index contributed by atoms with van der Waals surface area (Å²) >= 11 is 0. The van der Waals surface area contributed by atoms with E-state index in [9.17, 15) is 0 Å². The van der Waals surface area contributed by atoms with Gasteiger partial charge in [-0.05, 0) is 33.0 Å². The van der Waals surface area contributed by atoms with Crippen LogP contribution >= 0.6 is 0 Å². The predicted molar refractivity (Wildman–Crippen MR) is 72.3 cm³/mol. The van der Waals surface area contributed by atoms with E-state index in [1.165, 1.54) is 0 Å². The minimum absolute atomic E-state index is 0.503. The number of nitriles is 1. The molecular formula is C13H19N5. The Kier molecular flexibility index (Phi) is 3.68. The Balaban J connectivity index is 2.13. The monoisotopic (exact) mass is 245 g/mol. The van der Waals surface area contributed by atoms with Gasteiger partial charge in [0.1, 0.15) is 6.07 Å². The highest BCUT2D eigenvalue weighted by Gasteiger charge is 2.23. The third kappa shape index (κ3) is 2.39. The van der Waals surface area contributed by atoms with Crippen LogP contribution in [0.1, 0.15) is 18.4 Å². The molecule has 1 fully saturated rings. The average Bonchev–Trinajstić information content (AvgIpc) is 2.39. The summed E-state index contributed by atoms with van der Waals surface area (Å²) < 4.78 is 0. The molecule has 1 aromatic heterocycles. The van der Waals surface area contributed by atoms with E-state index in [-0.39, 0.29) is 0 Å². The average molecular weight is 245 g/mol. The molecule has 0 spiro atoms. The molecule has 2 heterocycles. The molecule has 0 amide bonds. The number of nitrogens with zero attached hydrogens (tertiary/aromatic N) is 4. The smallest absolute Gasteiger partial charge is 0.153 e. The van der Waals surface area contributed by atoms with Crippen LogP contribution in [0.5, 0.6) is 0 Å². The largest absolute Gasteiger partial charge is 0.395 e. The molecule has 0 radical (unpaired) electrons. The fourth-order valence-electron chi connectivity index (χ4n) is 2.41. The number of aromatic nitrogens is 1. The molecule has 18 heavy (non-hydrogen) atoms. The fourth-order valence-corrected chi connectivity index (χ4v) is 2.41. The molecule has 0 aliphatic carbocycles. The molecule has 0 bridgehead atoms. The van der Waals surface area contributed by atoms with Crippen molar-refractivity contribution in [3.63, 3.8) is 0 Å². The molecule has 0 unspecified atom stereocenters. The zero-order valence-corrected chi connectivity index (χ0v) is 10.9. The summed E-state index contributed by atoms with van der Waals surface area (Å²) in [7, 11) is 4.23. The fraction of sp³-hybridized carbons (Fsp3) is 0.538. The minimum atomic E-state index is 0.503. The van der Waals surface area contributed by atoms with E-state index in [2.05, 4.69) is 34.9 Å². The molecule has 0 saturated carbocycles. The Hall–Kier alpha value is -1.80. The van der Waals surface area contributed by atoms with Gasteiger partial charge in [-0.15, -0.1) is 0 Å². The maximum absolute atomic E-state index is 8.97. The van der Waals surface area contributed by atoms with Crippen LogP contribution in [0, 0.1) is 11.3 Å². The van der Waals surface area contributed by atoms with Crippen molar-refractivity contribution >= 4 is 11.5 Å². The van der Waals surface area contributed by atoms with Crippen molar-refractivity contribution in [3.05, 3.63) is 17.8 Å². The second-order valence-electron chi connectivity index (χ2n) is 4.89. The normalized spacial score (nSPS) is 16.9. The molecule has 96 valence electrons. The summed E-state index contributed by atoms with van der Waals surface area (Å²) in [4.78, 5) is 8.76. The first-order valence-corrected chi connectivity index (χ1v) is 6.19. The van der Waals surface area contributed by atoms with Gasteiger partial charge < -0.3 is 15.5 Å². The van der Waals surface area contributed by atoms with Crippen LogP contribution in [0.25, 0.3) is 0 Å². The third-order valence-electron chi connectivity index (χ3n) is 3.58. The van der Waals surface area contributed by atoms with Crippen LogP contribution in [0.3, 0.4) is 0 Å². The number of rotatable bonds is 2. The SMILES string of the molecule is CN(C)C1CCN(c2nccc(C#N)c2N)CC1. The highest BCUT2D eigenvalue weighted by molar-refractivity contribution is 5.70. The van der Waals surface area contributed by atoms with E-state index in [1.807, 2.05) is 0 Å². The van der Waals surface area contributed by atoms with E-state index < -0.39 is 0 Å². The van der Waals surface area contributed by atoms with Gasteiger partial charge in [-0.1, -0.05) is 0 Å². The van der Waals surface area contributed by atoms with Crippen LogP contribution in [0.2, 0.25) is 0 Å². The Morgan fingerprint density at radius 2 is 2.11 bits per heavy atom. The molecule has 1 saturated heterocycles. The molecule has 2 N–H and O–H groups in total. The number of nitrogen functional groups attached to an aromatic ring is 1. The Bertz CT molecular complexity index is 455. The zero-order chi connectivity index (χ0) is 13.1. The first kappa shape index (κ1) is 12.7. The molecule has 5 nitrogen and oxygen atoms in total. The lowest BCUT2D eigenvalue weighted by molar-refractivity contribution is 0.249. The molecule has 5 heteroatoms. The first-order valence-electron chi connectivity index (χ1n) is 6.19. The summed E-state index contributed by atoms with van der Waals surface area (Å²) in [6.45, 7) is 1.88. The summed E-state index contributed by atoms with van der Waals surface area (Å²) in [6, 6.07) is 4.39. The quantitative estimate of drug-likeness (QED) is 0.844. The van der Waals surface area contributed by atoms with Crippen LogP contribution < -0.4 is 10.6 Å². The van der Waals surface area contributed by atoms with Crippen LogP contribution in [0.4, 0.5) is 11.5 Å². The molecule has 1 aliphatic rings. The van der Waals surface area contributed by atoms with Gasteiger partial charge >= 0.3 is 0 Å². The Labute approximate surface area is 108 Å². The predicted octanol–water partition coefficient (Wildman–Crippen LogP) is 1.07. The van der Waals surface area contributed by atoms with E-state index in [4.69, 9.17) is 11.0 Å². The Morgan fingerprint density at radius 3 is 2.67 bits per heavy atom. The number of hydrogen-bond donors (Lipinski definition) is 1. The van der Waals surface area contributed by atoms with Crippen molar-refractivity contribution in [2.24, 2.45) is 0 Å². The standard InChI is InChI=1S/C13H19N5/c1-17(2)11-4-7-18(8-5-11)13-12(15)10(9-14)3-6-16-13/h3,6,11H,4-5,7-8,15H2,1-2H3. The van der Waals surface area contributed by atoms with E-state index in [0.717, 1.165) is 31.7 Å². The van der Waals surface area contributed by atoms with Gasteiger partial charge in [0.2, 0.25) is 0 Å². The van der Waals surface area contributed by atoms with Crippen molar-refractivity contribution in [1.29, 1.82) is 5.26 Å². The summed E-state index contributed by atoms with van der Waals surface area (Å²) in [5.74, 6) is 0.756. The van der Waals surface area contributed by atoms with Crippen molar-refractivity contribution in [2.75, 3.05) is 37.8 Å². The van der Waals surface area contributed by atoms with Crippen molar-refractivity contribution in [3.8, 4) is 6.07 Å². The maximum atomic E-state index is 8.97. The van der Waals surface area contributed by atoms with Gasteiger partial charge in [0.25, 0.3) is 0 Å². The third-order valence-corrected chi connectivity index (χ3v) is 3.58. The Morgan fingerprint density at radius 1 is 1.44 bits per heavy atom. The topological polar surface area (TPSA) is 69.2 Å². The highest BCUT2D eigenvalue weighted by Crippen LogP contribution is 2.26. The second-order valence-corrected chi connectivity index (χ2v) is 4.89. The molecule has 0 aromatic carbocycles. The molecular weight excluding hydrogens is 226 g/mol. The maximum Gasteiger partial charge on any atom is 0.153 e. The van der Waals surface area contributed by atoms with Gasteiger partial charge in [0.15, 0.2) is 5.82 Å². The van der Waals surface area contributed by atoms with E-state index >= 15 is 0 Å². The molecule has 1 aliphatic heterocycles. The molecule has 1 aromatic rings. The van der Waals surface area contributed by atoms with Gasteiger partial charge in [-0.2, -0.15) is 5.26 Å². The minimum Gasteiger partial charge on any atom is -0.395 e. The second kappa shape index (κ2) is 5.23. The zero-order valence-electron chi connectivity index (χ0n) is 10.9. The van der Waals surface area contributed by atoms with E-state index in [1.54, 1.807) is 12.3 Å². The lowest BCUT2D eigenvalue weighted by Gasteiger charge is -2.36. The summed E-state index contributed by atoms with van der Waals surface area (Å²) in [5, 5.41) is 8.97. The van der Waals surface area contributed by atoms with Crippen LogP contribution in [-0.2, 0) is 0 Å².